The van der Waals surface area contributed by atoms with E-state index in [2.05, 4.69) is 25.8 Å². The molecule has 134 valence electrons. The van der Waals surface area contributed by atoms with Gasteiger partial charge in [-0.1, -0.05) is 11.3 Å². The number of rotatable bonds is 3. The molecule has 6 rings (SSSR count). The van der Waals surface area contributed by atoms with Crippen molar-refractivity contribution in [3.63, 3.8) is 0 Å². The molecule has 0 aromatic carbocycles. The molecule has 2 N–H and O–H groups in total. The van der Waals surface area contributed by atoms with E-state index in [9.17, 15) is 0 Å². The van der Waals surface area contributed by atoms with Crippen LogP contribution < -0.4 is 15.8 Å². The number of nitrogens with zero attached hydrogens (tertiary/aromatic N) is 5. The second kappa shape index (κ2) is 5.73. The van der Waals surface area contributed by atoms with Crippen LogP contribution in [-0.2, 0) is 4.84 Å². The van der Waals surface area contributed by atoms with E-state index in [4.69, 9.17) is 4.84 Å². The molecule has 8 nitrogen and oxygen atoms in total. The Balaban J connectivity index is 1.32. The van der Waals surface area contributed by atoms with Crippen LogP contribution in [0.2, 0.25) is 0 Å². The van der Waals surface area contributed by atoms with Gasteiger partial charge in [-0.15, -0.1) is 0 Å². The molecule has 0 radical (unpaired) electrons. The maximum atomic E-state index is 6.32. The third kappa shape index (κ3) is 2.66. The van der Waals surface area contributed by atoms with Gasteiger partial charge in [-0.3, -0.25) is 10.3 Å². The van der Waals surface area contributed by atoms with Crippen LogP contribution in [0, 0.1) is 11.8 Å². The molecule has 1 saturated heterocycles. The van der Waals surface area contributed by atoms with Crippen LogP contribution in [0.1, 0.15) is 32.1 Å². The zero-order valence-electron chi connectivity index (χ0n) is 14.5. The van der Waals surface area contributed by atoms with E-state index in [1.165, 1.54) is 43.4 Å². The molecule has 3 heterocycles. The molecule has 3 aliphatic carbocycles. The Bertz CT molecular complexity index is 788. The summed E-state index contributed by atoms with van der Waals surface area (Å²) in [6, 6.07) is 0. The summed E-state index contributed by atoms with van der Waals surface area (Å²) in [6.45, 7) is 0.872. The number of nitrogens with one attached hydrogen (secondary N) is 2. The number of anilines is 2. The van der Waals surface area contributed by atoms with Crippen LogP contribution in [0.5, 0.6) is 0 Å². The van der Waals surface area contributed by atoms with Crippen LogP contribution in [0.3, 0.4) is 0 Å². The highest BCUT2D eigenvalue weighted by molar-refractivity contribution is 7.21. The zero-order valence-corrected chi connectivity index (χ0v) is 15.3. The van der Waals surface area contributed by atoms with Crippen LogP contribution in [-0.4, -0.2) is 46.5 Å². The minimum absolute atomic E-state index is 0.0389. The van der Waals surface area contributed by atoms with E-state index in [1.807, 2.05) is 19.0 Å². The van der Waals surface area contributed by atoms with Gasteiger partial charge < -0.3 is 4.90 Å². The van der Waals surface area contributed by atoms with Gasteiger partial charge in [-0.2, -0.15) is 4.98 Å². The highest BCUT2D eigenvalue weighted by Gasteiger charge is 2.53. The average molecular weight is 361 g/mol. The fourth-order valence-electron chi connectivity index (χ4n) is 4.47. The lowest BCUT2D eigenvalue weighted by Gasteiger charge is -2.47. The second-order valence-electron chi connectivity index (χ2n) is 7.59. The van der Waals surface area contributed by atoms with Crippen LogP contribution in [0.15, 0.2) is 6.20 Å². The Hall–Kier alpha value is -1.55. The topological polar surface area (TPSA) is 78.4 Å². The average Bonchev–Trinajstić information content (AvgIpc) is 3.19. The number of thiazole rings is 1. The lowest BCUT2D eigenvalue weighted by atomic mass is 9.62. The minimum Gasteiger partial charge on any atom is -0.347 e. The van der Waals surface area contributed by atoms with Gasteiger partial charge in [-0.05, 0) is 49.2 Å². The first-order valence-electron chi connectivity index (χ1n) is 8.92. The molecule has 0 amide bonds. The van der Waals surface area contributed by atoms with E-state index < -0.39 is 0 Å². The molecule has 1 spiro atoms. The molecule has 1 atom stereocenters. The number of fused-ring (bicyclic) bond motifs is 3. The van der Waals surface area contributed by atoms with E-state index in [0.717, 1.165) is 27.9 Å². The Morgan fingerprint density at radius 3 is 2.88 bits per heavy atom. The van der Waals surface area contributed by atoms with Crippen molar-refractivity contribution in [1.82, 2.24) is 25.7 Å². The van der Waals surface area contributed by atoms with Gasteiger partial charge in [-0.25, -0.2) is 15.4 Å². The maximum absolute atomic E-state index is 6.32. The first-order valence-corrected chi connectivity index (χ1v) is 9.73. The molecule has 4 fully saturated rings. The Labute approximate surface area is 150 Å². The van der Waals surface area contributed by atoms with Crippen molar-refractivity contribution in [3.8, 4) is 0 Å². The van der Waals surface area contributed by atoms with Crippen molar-refractivity contribution in [1.29, 1.82) is 0 Å². The van der Waals surface area contributed by atoms with E-state index in [-0.39, 0.29) is 5.60 Å². The van der Waals surface area contributed by atoms with Gasteiger partial charge in [0, 0.05) is 20.6 Å². The molecule has 25 heavy (non-hydrogen) atoms. The van der Waals surface area contributed by atoms with Gasteiger partial charge in [0.05, 0.1) is 6.20 Å². The lowest BCUT2D eigenvalue weighted by molar-refractivity contribution is -0.235. The fraction of sp³-hybridized carbons (Fsp3) is 0.688. The van der Waals surface area contributed by atoms with Gasteiger partial charge >= 0.3 is 0 Å². The quantitative estimate of drug-likeness (QED) is 0.861. The van der Waals surface area contributed by atoms with Crippen LogP contribution in [0.25, 0.3) is 10.3 Å². The normalized spacial score (nSPS) is 31.9. The van der Waals surface area contributed by atoms with Crippen molar-refractivity contribution >= 4 is 32.8 Å². The monoisotopic (exact) mass is 361 g/mol. The Morgan fingerprint density at radius 1 is 1.32 bits per heavy atom. The minimum atomic E-state index is -0.0389. The third-order valence-corrected chi connectivity index (χ3v) is 6.63. The molecule has 9 heteroatoms. The van der Waals surface area contributed by atoms with Crippen LogP contribution in [0.4, 0.5) is 11.1 Å². The number of aromatic nitrogens is 3. The van der Waals surface area contributed by atoms with Crippen molar-refractivity contribution in [2.45, 2.75) is 37.7 Å². The van der Waals surface area contributed by atoms with Gasteiger partial charge in [0.1, 0.15) is 11.1 Å². The molecular weight excluding hydrogens is 338 g/mol. The summed E-state index contributed by atoms with van der Waals surface area (Å²) in [5.74, 6) is 2.19. The Kier molecular flexibility index (Phi) is 3.60. The van der Waals surface area contributed by atoms with E-state index in [0.29, 0.717) is 11.9 Å². The summed E-state index contributed by atoms with van der Waals surface area (Å²) < 4.78 is 0. The molecule has 4 aliphatic rings. The highest BCUT2D eigenvalue weighted by Crippen LogP contribution is 2.50. The molecule has 2 aromatic rings. The summed E-state index contributed by atoms with van der Waals surface area (Å²) in [4.78, 5) is 22.5. The van der Waals surface area contributed by atoms with Crippen LogP contribution >= 0.6 is 11.3 Å². The van der Waals surface area contributed by atoms with Crippen molar-refractivity contribution in [2.24, 2.45) is 11.8 Å². The van der Waals surface area contributed by atoms with Crippen molar-refractivity contribution < 1.29 is 4.84 Å². The smallest absolute Gasteiger partial charge is 0.226 e. The van der Waals surface area contributed by atoms with E-state index >= 15 is 0 Å². The summed E-state index contributed by atoms with van der Waals surface area (Å²) in [5.41, 5.74) is 7.34. The standard InChI is InChI=1S/C16H23N7OS/c1-22(2)14-17-8-12-13(20-14)25-15(19-12)21-23-18-9-16(24-23)7-10-3-5-11(16)6-4-10/h8,10-11,18H,3-7,9H2,1-2H3,(H,19,21). The van der Waals surface area contributed by atoms with Gasteiger partial charge in [0.15, 0.2) is 4.83 Å². The largest absolute Gasteiger partial charge is 0.347 e. The fourth-order valence-corrected chi connectivity index (χ4v) is 5.25. The summed E-state index contributed by atoms with van der Waals surface area (Å²) in [6.07, 6.45) is 8.26. The number of hydrazine groups is 2. The highest BCUT2D eigenvalue weighted by atomic mass is 32.1. The number of hydrogen-bond donors (Lipinski definition) is 2. The molecular formula is C16H23N7OS. The molecule has 1 unspecified atom stereocenters. The molecule has 2 aromatic heterocycles. The first-order chi connectivity index (χ1) is 12.1. The van der Waals surface area contributed by atoms with E-state index in [1.54, 1.807) is 11.5 Å². The second-order valence-corrected chi connectivity index (χ2v) is 8.57. The summed E-state index contributed by atoms with van der Waals surface area (Å²) >= 11 is 1.50. The van der Waals surface area contributed by atoms with Gasteiger partial charge in [0.25, 0.3) is 0 Å². The predicted octanol–water partition coefficient (Wildman–Crippen LogP) is 2.18. The van der Waals surface area contributed by atoms with Crippen molar-refractivity contribution in [3.05, 3.63) is 6.20 Å². The number of hydrogen-bond acceptors (Lipinski definition) is 9. The zero-order chi connectivity index (χ0) is 17.0. The van der Waals surface area contributed by atoms with Gasteiger partial charge in [0.2, 0.25) is 11.1 Å². The summed E-state index contributed by atoms with van der Waals surface area (Å²) in [7, 11) is 3.86. The SMILES string of the molecule is CN(C)c1ncc2nc(NN3NCC4(CC5CCC4CC5)O3)sc2n1. The molecule has 2 bridgehead atoms. The maximum Gasteiger partial charge on any atom is 0.226 e. The van der Waals surface area contributed by atoms with Crippen molar-refractivity contribution in [2.75, 3.05) is 31.0 Å². The molecule has 3 saturated carbocycles. The Morgan fingerprint density at radius 2 is 2.16 bits per heavy atom. The third-order valence-electron chi connectivity index (χ3n) is 5.76. The first kappa shape index (κ1) is 15.7. The lowest BCUT2D eigenvalue weighted by Crippen LogP contribution is -2.50. The summed E-state index contributed by atoms with van der Waals surface area (Å²) in [5, 5.41) is 2.41. The predicted molar refractivity (Wildman–Crippen MR) is 96.9 cm³/mol. The molecule has 1 aliphatic heterocycles.